The molecule has 3 N–H and O–H groups in total. The van der Waals surface area contributed by atoms with Crippen molar-refractivity contribution in [3.63, 3.8) is 0 Å². The zero-order chi connectivity index (χ0) is 9.80. The number of unbranched alkanes of at least 4 members (excludes halogenated alkanes) is 1. The molecule has 3 nitrogen and oxygen atoms in total. The summed E-state index contributed by atoms with van der Waals surface area (Å²) in [5, 5.41) is 15.9. The number of aliphatic hydroxyl groups is 1. The summed E-state index contributed by atoms with van der Waals surface area (Å²) in [4.78, 5) is 0. The molecule has 0 aliphatic carbocycles. The molecule has 2 saturated heterocycles. The maximum Gasteiger partial charge on any atom is 0.0431 e. The van der Waals surface area contributed by atoms with Gasteiger partial charge >= 0.3 is 0 Å². The highest BCUT2D eigenvalue weighted by atomic mass is 16.2. The number of hydrogen-bond donors (Lipinski definition) is 3. The summed E-state index contributed by atoms with van der Waals surface area (Å²) < 4.78 is 0. The van der Waals surface area contributed by atoms with Gasteiger partial charge in [-0.05, 0) is 57.2 Å². The summed E-state index contributed by atoms with van der Waals surface area (Å²) in [6, 6.07) is 0.700. The van der Waals surface area contributed by atoms with Gasteiger partial charge in [-0.25, -0.2) is 0 Å². The van der Waals surface area contributed by atoms with Crippen molar-refractivity contribution < 1.29 is 5.11 Å². The Bertz CT molecular complexity index is 175. The van der Waals surface area contributed by atoms with Crippen LogP contribution >= 0.6 is 0 Å². The molecular weight excluding hydrogens is 176 g/mol. The second-order valence-electron chi connectivity index (χ2n) is 4.75. The molecule has 2 fully saturated rings. The van der Waals surface area contributed by atoms with Gasteiger partial charge in [0.15, 0.2) is 0 Å². The van der Waals surface area contributed by atoms with E-state index in [1.165, 1.54) is 32.5 Å². The van der Waals surface area contributed by atoms with Crippen LogP contribution in [0.5, 0.6) is 0 Å². The lowest BCUT2D eigenvalue weighted by molar-refractivity contribution is 0.159. The van der Waals surface area contributed by atoms with Crippen LogP contribution in [0.25, 0.3) is 0 Å². The third-order valence-corrected chi connectivity index (χ3v) is 3.64. The van der Waals surface area contributed by atoms with Gasteiger partial charge in [-0.3, -0.25) is 0 Å². The molecule has 2 bridgehead atoms. The number of hydrogen-bond acceptors (Lipinski definition) is 3. The van der Waals surface area contributed by atoms with E-state index in [1.54, 1.807) is 0 Å². The first-order chi connectivity index (χ1) is 6.90. The molecule has 2 aliphatic rings. The Balaban J connectivity index is 1.75. The summed E-state index contributed by atoms with van der Waals surface area (Å²) >= 11 is 0. The first-order valence-corrected chi connectivity index (χ1v) is 5.95. The van der Waals surface area contributed by atoms with Crippen LogP contribution < -0.4 is 10.6 Å². The minimum atomic E-state index is 0.345. The Kier molecular flexibility index (Phi) is 3.79. The van der Waals surface area contributed by atoms with E-state index in [0.717, 1.165) is 24.7 Å². The highest BCUT2D eigenvalue weighted by Gasteiger charge is 2.32. The predicted molar refractivity (Wildman–Crippen MR) is 57.2 cm³/mol. The van der Waals surface area contributed by atoms with Crippen molar-refractivity contribution in [3.05, 3.63) is 0 Å². The summed E-state index contributed by atoms with van der Waals surface area (Å²) in [5.41, 5.74) is 0. The van der Waals surface area contributed by atoms with Crippen LogP contribution in [0.4, 0.5) is 0 Å². The van der Waals surface area contributed by atoms with E-state index in [9.17, 15) is 0 Å². The molecule has 0 aromatic heterocycles. The second-order valence-corrected chi connectivity index (χ2v) is 4.75. The first kappa shape index (κ1) is 10.4. The van der Waals surface area contributed by atoms with Crippen LogP contribution in [0.1, 0.15) is 25.7 Å². The highest BCUT2D eigenvalue weighted by Crippen LogP contribution is 2.26. The molecule has 0 aromatic carbocycles. The summed E-state index contributed by atoms with van der Waals surface area (Å²) in [5.74, 6) is 1.70. The van der Waals surface area contributed by atoms with E-state index in [2.05, 4.69) is 10.6 Å². The van der Waals surface area contributed by atoms with Crippen molar-refractivity contribution in [1.29, 1.82) is 0 Å². The van der Waals surface area contributed by atoms with Crippen LogP contribution in [-0.4, -0.2) is 37.4 Å². The van der Waals surface area contributed by atoms with Gasteiger partial charge in [-0.2, -0.15) is 0 Å². The minimum absolute atomic E-state index is 0.345. The second kappa shape index (κ2) is 5.10. The summed E-state index contributed by atoms with van der Waals surface area (Å²) in [6.07, 6.45) is 4.76. The third kappa shape index (κ3) is 2.47. The van der Waals surface area contributed by atoms with Crippen LogP contribution in [0.2, 0.25) is 0 Å². The number of piperidine rings is 2. The largest absolute Gasteiger partial charge is 0.396 e. The maximum absolute atomic E-state index is 8.74. The van der Waals surface area contributed by atoms with Gasteiger partial charge in [0, 0.05) is 12.6 Å². The van der Waals surface area contributed by atoms with Crippen molar-refractivity contribution >= 4 is 0 Å². The molecule has 3 atom stereocenters. The van der Waals surface area contributed by atoms with E-state index >= 15 is 0 Å². The fourth-order valence-electron chi connectivity index (χ4n) is 2.83. The number of aliphatic hydroxyl groups excluding tert-OH is 1. The Morgan fingerprint density at radius 3 is 2.93 bits per heavy atom. The molecule has 2 rings (SSSR count). The molecule has 0 saturated carbocycles. The summed E-state index contributed by atoms with van der Waals surface area (Å²) in [7, 11) is 0. The Hall–Kier alpha value is -0.120. The minimum Gasteiger partial charge on any atom is -0.396 e. The van der Waals surface area contributed by atoms with E-state index in [-0.39, 0.29) is 0 Å². The van der Waals surface area contributed by atoms with Gasteiger partial charge < -0.3 is 15.7 Å². The molecule has 0 aromatic rings. The van der Waals surface area contributed by atoms with Crippen molar-refractivity contribution in [2.24, 2.45) is 11.8 Å². The van der Waals surface area contributed by atoms with Gasteiger partial charge in [0.25, 0.3) is 0 Å². The van der Waals surface area contributed by atoms with Gasteiger partial charge in [0.1, 0.15) is 0 Å². The topological polar surface area (TPSA) is 44.3 Å². The predicted octanol–water partition coefficient (Wildman–Crippen LogP) is 0.346. The first-order valence-electron chi connectivity index (χ1n) is 5.95. The smallest absolute Gasteiger partial charge is 0.0431 e. The Morgan fingerprint density at radius 2 is 2.07 bits per heavy atom. The molecule has 0 amide bonds. The zero-order valence-electron chi connectivity index (χ0n) is 8.84. The number of rotatable bonds is 4. The van der Waals surface area contributed by atoms with E-state index in [1.807, 2.05) is 0 Å². The van der Waals surface area contributed by atoms with E-state index < -0.39 is 0 Å². The van der Waals surface area contributed by atoms with Crippen LogP contribution in [0.3, 0.4) is 0 Å². The lowest BCUT2D eigenvalue weighted by Crippen LogP contribution is -2.54. The van der Waals surface area contributed by atoms with Crippen molar-refractivity contribution in [2.45, 2.75) is 31.7 Å². The van der Waals surface area contributed by atoms with Gasteiger partial charge in [0.2, 0.25) is 0 Å². The van der Waals surface area contributed by atoms with E-state index in [0.29, 0.717) is 12.6 Å². The monoisotopic (exact) mass is 198 g/mol. The molecule has 3 heteroatoms. The average Bonchev–Trinajstić information content (AvgIpc) is 2.22. The fraction of sp³-hybridized carbons (Fsp3) is 1.00. The number of fused-ring (bicyclic) bond motifs is 2. The van der Waals surface area contributed by atoms with E-state index in [4.69, 9.17) is 5.11 Å². The van der Waals surface area contributed by atoms with Crippen molar-refractivity contribution in [3.8, 4) is 0 Å². The van der Waals surface area contributed by atoms with Crippen LogP contribution in [0.15, 0.2) is 0 Å². The van der Waals surface area contributed by atoms with Crippen LogP contribution in [-0.2, 0) is 0 Å². The third-order valence-electron chi connectivity index (χ3n) is 3.64. The summed E-state index contributed by atoms with van der Waals surface area (Å²) in [6.45, 7) is 3.92. The molecular formula is C11H22N2O. The molecule has 2 heterocycles. The molecule has 82 valence electrons. The van der Waals surface area contributed by atoms with Crippen molar-refractivity contribution in [2.75, 3.05) is 26.2 Å². The Labute approximate surface area is 86.3 Å². The fourth-order valence-corrected chi connectivity index (χ4v) is 2.83. The van der Waals surface area contributed by atoms with Gasteiger partial charge in [-0.15, -0.1) is 0 Å². The maximum atomic E-state index is 8.74. The zero-order valence-corrected chi connectivity index (χ0v) is 8.84. The molecule has 14 heavy (non-hydrogen) atoms. The van der Waals surface area contributed by atoms with Crippen LogP contribution in [0, 0.1) is 11.8 Å². The lowest BCUT2D eigenvalue weighted by atomic mass is 9.80. The quantitative estimate of drug-likeness (QED) is 0.571. The van der Waals surface area contributed by atoms with Gasteiger partial charge in [-0.1, -0.05) is 0 Å². The molecule has 2 aliphatic heterocycles. The Morgan fingerprint density at radius 1 is 1.14 bits per heavy atom. The molecule has 0 spiro atoms. The normalized spacial score (nSPS) is 37.1. The number of nitrogens with one attached hydrogen (secondary N) is 2. The molecule has 0 unspecified atom stereocenters. The molecule has 0 radical (unpaired) electrons. The van der Waals surface area contributed by atoms with Gasteiger partial charge in [0.05, 0.1) is 0 Å². The average molecular weight is 198 g/mol. The standard InChI is InChI=1S/C11H22N2O/c14-4-2-1-3-11-10-5-9(7-13-11)6-12-8-10/h9-14H,1-8H2/t9-,10+,11-/m0/s1. The SMILES string of the molecule is OCCCC[C@@H]1NC[C@@H]2CNC[C@H]1C2. The lowest BCUT2D eigenvalue weighted by Gasteiger charge is -2.41. The van der Waals surface area contributed by atoms with Crippen molar-refractivity contribution in [1.82, 2.24) is 10.6 Å². The highest BCUT2D eigenvalue weighted by molar-refractivity contribution is 4.90.